The van der Waals surface area contributed by atoms with Gasteiger partial charge in [0.25, 0.3) is 5.56 Å². The minimum atomic E-state index is -2.53. The first-order chi connectivity index (χ1) is 25.8. The van der Waals surface area contributed by atoms with Gasteiger partial charge in [0.2, 0.25) is 11.9 Å². The number of ether oxygens (including phenoxy) is 1. The Morgan fingerprint density at radius 3 is 2.06 bits per heavy atom. The summed E-state index contributed by atoms with van der Waals surface area (Å²) in [6.07, 6.45) is 2.31. The molecule has 2 aromatic heterocycles. The molecule has 1 fully saturated rings. The fourth-order valence-electron chi connectivity index (χ4n) is 6.79. The molecule has 0 aliphatic carbocycles. The largest absolute Gasteiger partial charge is 0.408 e. The van der Waals surface area contributed by atoms with Crippen LogP contribution in [0.1, 0.15) is 70.4 Å². The zero-order valence-corrected chi connectivity index (χ0v) is 33.0. The molecule has 0 spiro atoms. The Bertz CT molecular complexity index is 2040. The zero-order chi connectivity index (χ0) is 38.7. The number of carbonyl (C=O) groups excluding carboxylic acids is 1. The number of nitrogens with zero attached hydrogens (tertiary/aromatic N) is 4. The summed E-state index contributed by atoms with van der Waals surface area (Å²) in [6.45, 7) is 14.6. The standard InChI is InChI=1S/C42H50N7O4Si/c1-28(2)37(50)46-40-45-36-34(38(51)47-40)44-27-49(36)39-35(53-54(6,7)41(3,4)5)33(32(52-39)25-17-18-26-43)48-42(29-19-11-8-12-20-29,30-21-13-9-14-22-30)31-23-15-10-16-24-31/h8-17,19-24,27-28,32-33,35,39,48H,18,25H2,1-7H3,(H2,45,46,47,50,51)/t32-,33+,35+,39+/m0/s1. The Morgan fingerprint density at radius 1 is 1.00 bits per heavy atom. The minimum Gasteiger partial charge on any atom is -0.408 e. The monoisotopic (exact) mass is 744 g/mol. The van der Waals surface area contributed by atoms with E-state index in [1.165, 1.54) is 0 Å². The van der Waals surface area contributed by atoms with Crippen molar-refractivity contribution in [3.8, 4) is 6.07 Å². The van der Waals surface area contributed by atoms with Gasteiger partial charge < -0.3 is 9.16 Å². The lowest BCUT2D eigenvalue weighted by Crippen LogP contribution is -2.58. The molecule has 0 bridgehead atoms. The molecule has 12 heteroatoms. The molecule has 0 saturated carbocycles. The van der Waals surface area contributed by atoms with Gasteiger partial charge in [-0.15, -0.1) is 0 Å². The summed E-state index contributed by atoms with van der Waals surface area (Å²) in [5, 5.41) is 16.3. The zero-order valence-electron chi connectivity index (χ0n) is 32.0. The summed E-state index contributed by atoms with van der Waals surface area (Å²) in [6, 6.07) is 32.9. The lowest BCUT2D eigenvalue weighted by molar-refractivity contribution is -0.118. The van der Waals surface area contributed by atoms with E-state index in [1.807, 2.05) is 61.0 Å². The van der Waals surface area contributed by atoms with Crippen molar-refractivity contribution in [2.75, 3.05) is 5.32 Å². The summed E-state index contributed by atoms with van der Waals surface area (Å²) in [5.41, 5.74) is 2.12. The number of carbonyl (C=O) groups is 1. The van der Waals surface area contributed by atoms with E-state index < -0.39 is 43.9 Å². The first-order valence-corrected chi connectivity index (χ1v) is 21.4. The van der Waals surface area contributed by atoms with Gasteiger partial charge in [0.05, 0.1) is 30.1 Å². The van der Waals surface area contributed by atoms with E-state index in [9.17, 15) is 14.9 Å². The Balaban J connectivity index is 1.58. The second kappa shape index (κ2) is 15.8. The van der Waals surface area contributed by atoms with Gasteiger partial charge in [-0.2, -0.15) is 10.2 Å². The van der Waals surface area contributed by atoms with E-state index in [-0.39, 0.29) is 40.4 Å². The molecule has 1 aliphatic heterocycles. The number of nitriles is 1. The van der Waals surface area contributed by atoms with Crippen LogP contribution in [0.4, 0.5) is 5.95 Å². The highest BCUT2D eigenvalue weighted by Crippen LogP contribution is 2.46. The molecule has 54 heavy (non-hydrogen) atoms. The van der Waals surface area contributed by atoms with Gasteiger partial charge >= 0.3 is 0 Å². The minimum absolute atomic E-state index is 0.0256. The van der Waals surface area contributed by atoms with Crippen LogP contribution in [0.5, 0.6) is 0 Å². The highest BCUT2D eigenvalue weighted by Gasteiger charge is 2.54. The average Bonchev–Trinajstić information content (AvgIpc) is 3.72. The molecule has 1 saturated heterocycles. The van der Waals surface area contributed by atoms with Crippen molar-refractivity contribution >= 4 is 31.3 Å². The SMILES string of the molecule is CC(C)C(=O)Nc1nc2c(ncn2[C@@H]2O[C@@H](C[CH]CC#N)[C@@H](NC(c3ccccc3)(c3ccccc3)c3ccccc3)[C@H]2O[Si](C)(C)C(C)(C)C)c(=O)[nH]1. The lowest BCUT2D eigenvalue weighted by atomic mass is 9.76. The second-order valence-corrected chi connectivity index (χ2v) is 20.5. The molecule has 3 N–H and O–H groups in total. The molecule has 3 aromatic carbocycles. The molecule has 4 atom stereocenters. The van der Waals surface area contributed by atoms with Crippen LogP contribution in [-0.2, 0) is 19.5 Å². The Kier molecular flexibility index (Phi) is 11.4. The third-order valence-corrected chi connectivity index (χ3v) is 15.2. The van der Waals surface area contributed by atoms with Gasteiger partial charge in [-0.1, -0.05) is 126 Å². The summed E-state index contributed by atoms with van der Waals surface area (Å²) in [4.78, 5) is 37.9. The van der Waals surface area contributed by atoms with E-state index in [0.29, 0.717) is 6.42 Å². The van der Waals surface area contributed by atoms with Gasteiger partial charge in [-0.25, -0.2) is 4.98 Å². The topological polar surface area (TPSA) is 147 Å². The number of benzene rings is 3. The van der Waals surface area contributed by atoms with Crippen LogP contribution in [0.15, 0.2) is 102 Å². The van der Waals surface area contributed by atoms with Crippen molar-refractivity contribution < 1.29 is 14.0 Å². The van der Waals surface area contributed by atoms with Crippen LogP contribution in [0, 0.1) is 23.7 Å². The molecule has 1 radical (unpaired) electrons. The highest BCUT2D eigenvalue weighted by molar-refractivity contribution is 6.74. The van der Waals surface area contributed by atoms with E-state index in [0.717, 1.165) is 16.7 Å². The van der Waals surface area contributed by atoms with Crippen LogP contribution in [0.3, 0.4) is 0 Å². The molecule has 1 amide bonds. The number of aromatic amines is 1. The molecule has 6 rings (SSSR count). The number of imidazole rings is 1. The van der Waals surface area contributed by atoms with Crippen LogP contribution in [0.2, 0.25) is 18.1 Å². The predicted molar refractivity (Wildman–Crippen MR) is 213 cm³/mol. The smallest absolute Gasteiger partial charge is 0.280 e. The fraction of sp³-hybridized carbons (Fsp3) is 0.381. The third kappa shape index (κ3) is 7.68. The number of unbranched alkanes of at least 4 members (excludes halogenated alkanes) is 1. The van der Waals surface area contributed by atoms with Crippen molar-refractivity contribution in [2.24, 2.45) is 5.92 Å². The number of aromatic nitrogens is 4. The number of rotatable bonds is 13. The van der Waals surface area contributed by atoms with Crippen molar-refractivity contribution in [3.63, 3.8) is 0 Å². The number of hydrogen-bond acceptors (Lipinski definition) is 8. The maximum atomic E-state index is 13.3. The van der Waals surface area contributed by atoms with Crippen molar-refractivity contribution in [1.82, 2.24) is 24.8 Å². The van der Waals surface area contributed by atoms with Crippen molar-refractivity contribution in [2.45, 2.75) is 95.6 Å². The molecule has 3 heterocycles. The third-order valence-electron chi connectivity index (χ3n) is 10.7. The Labute approximate surface area is 318 Å². The molecule has 5 aromatic rings. The van der Waals surface area contributed by atoms with Gasteiger partial charge in [0, 0.05) is 12.3 Å². The predicted octanol–water partition coefficient (Wildman–Crippen LogP) is 7.46. The normalized spacial score (nSPS) is 19.2. The molecule has 11 nitrogen and oxygen atoms in total. The average molecular weight is 745 g/mol. The van der Waals surface area contributed by atoms with Gasteiger partial charge in [0.1, 0.15) is 6.10 Å². The Morgan fingerprint density at radius 2 is 1.56 bits per heavy atom. The number of H-pyrrole nitrogens is 1. The number of nitrogens with one attached hydrogen (secondary N) is 3. The number of fused-ring (bicyclic) bond motifs is 1. The van der Waals surface area contributed by atoms with Gasteiger partial charge in [-0.3, -0.25) is 29.8 Å². The second-order valence-electron chi connectivity index (χ2n) is 15.7. The van der Waals surface area contributed by atoms with Gasteiger partial charge in [0.15, 0.2) is 25.7 Å². The molecule has 1 aliphatic rings. The first-order valence-electron chi connectivity index (χ1n) is 18.5. The highest BCUT2D eigenvalue weighted by atomic mass is 28.4. The van der Waals surface area contributed by atoms with Crippen molar-refractivity contribution in [1.29, 1.82) is 5.26 Å². The molecule has 281 valence electrons. The van der Waals surface area contributed by atoms with E-state index in [2.05, 4.69) is 96.9 Å². The van der Waals surface area contributed by atoms with Crippen LogP contribution in [-0.4, -0.2) is 52.0 Å². The summed E-state index contributed by atoms with van der Waals surface area (Å²) < 4.78 is 16.3. The summed E-state index contributed by atoms with van der Waals surface area (Å²) in [7, 11) is -2.53. The quantitative estimate of drug-likeness (QED) is 0.0640. The Hall–Kier alpha value is -4.93. The number of anilines is 1. The maximum Gasteiger partial charge on any atom is 0.280 e. The van der Waals surface area contributed by atoms with E-state index in [1.54, 1.807) is 24.7 Å². The lowest BCUT2D eigenvalue weighted by Gasteiger charge is -2.44. The number of amides is 1. The van der Waals surface area contributed by atoms with Crippen molar-refractivity contribution in [3.05, 3.63) is 131 Å². The van der Waals surface area contributed by atoms with Crippen LogP contribution in [0.25, 0.3) is 11.2 Å². The fourth-order valence-corrected chi connectivity index (χ4v) is 8.09. The molecular formula is C42H50N7O4Si. The first kappa shape index (κ1) is 38.8. The molecular weight excluding hydrogens is 695 g/mol. The number of hydrogen-bond donors (Lipinski definition) is 3. The van der Waals surface area contributed by atoms with E-state index >= 15 is 0 Å². The van der Waals surface area contributed by atoms with Crippen LogP contribution < -0.4 is 16.2 Å². The van der Waals surface area contributed by atoms with Crippen LogP contribution >= 0.6 is 0 Å². The van der Waals surface area contributed by atoms with E-state index in [4.69, 9.17) is 14.1 Å². The molecule has 0 unspecified atom stereocenters. The van der Waals surface area contributed by atoms with Gasteiger partial charge in [-0.05, 0) is 47.7 Å². The maximum absolute atomic E-state index is 13.3. The summed E-state index contributed by atoms with van der Waals surface area (Å²) >= 11 is 0. The summed E-state index contributed by atoms with van der Waals surface area (Å²) in [5.74, 6) is -0.582.